The lowest BCUT2D eigenvalue weighted by Crippen LogP contribution is -2.54. The molecular weight excluding hydrogens is 252 g/mol. The molecule has 4 heteroatoms. The number of likely N-dealkylation sites (N-methyl/N-ethyl adjacent to an activating group) is 1. The molecule has 0 saturated heterocycles. The van der Waals surface area contributed by atoms with Gasteiger partial charge < -0.3 is 15.0 Å². The predicted molar refractivity (Wildman–Crippen MR) is 84.9 cm³/mol. The van der Waals surface area contributed by atoms with Gasteiger partial charge in [0.25, 0.3) is 0 Å². The van der Waals surface area contributed by atoms with E-state index in [9.17, 15) is 4.79 Å². The molecule has 0 spiro atoms. The summed E-state index contributed by atoms with van der Waals surface area (Å²) < 4.78 is 5.24. The van der Waals surface area contributed by atoms with Crippen LogP contribution in [0.4, 0.5) is 0 Å². The Morgan fingerprint density at radius 3 is 2.40 bits per heavy atom. The van der Waals surface area contributed by atoms with Crippen molar-refractivity contribution in [1.29, 1.82) is 0 Å². The van der Waals surface area contributed by atoms with E-state index in [1.54, 1.807) is 0 Å². The van der Waals surface area contributed by atoms with Gasteiger partial charge in [-0.2, -0.15) is 0 Å². The summed E-state index contributed by atoms with van der Waals surface area (Å²) in [7, 11) is 0. The van der Waals surface area contributed by atoms with Crippen molar-refractivity contribution in [3.8, 4) is 0 Å². The minimum atomic E-state index is -0.593. The lowest BCUT2D eigenvalue weighted by Gasteiger charge is -2.35. The van der Waals surface area contributed by atoms with E-state index >= 15 is 0 Å². The molecule has 0 aromatic heterocycles. The Morgan fingerprint density at radius 2 is 1.95 bits per heavy atom. The third kappa shape index (κ3) is 6.23. The number of esters is 1. The van der Waals surface area contributed by atoms with Crippen LogP contribution >= 0.6 is 0 Å². The molecule has 0 fully saturated rings. The van der Waals surface area contributed by atoms with Gasteiger partial charge in [-0.15, -0.1) is 0 Å². The average Bonchev–Trinajstić information content (AvgIpc) is 2.40. The Morgan fingerprint density at radius 1 is 1.30 bits per heavy atom. The van der Waals surface area contributed by atoms with Gasteiger partial charge in [-0.3, -0.25) is 4.79 Å². The van der Waals surface area contributed by atoms with Crippen LogP contribution in [0.3, 0.4) is 0 Å². The van der Waals surface area contributed by atoms with Crippen molar-refractivity contribution >= 4 is 5.97 Å². The van der Waals surface area contributed by atoms with E-state index in [0.717, 1.165) is 26.1 Å². The monoisotopic (exact) mass is 286 g/mol. The smallest absolute Gasteiger partial charge is 0.326 e. The Balaban J connectivity index is 4.73. The van der Waals surface area contributed by atoms with Gasteiger partial charge in [0.1, 0.15) is 5.54 Å². The van der Waals surface area contributed by atoms with E-state index in [2.05, 4.69) is 31.0 Å². The first-order valence-electron chi connectivity index (χ1n) is 8.11. The normalized spacial score (nSPS) is 15.9. The number of hydrogen-bond acceptors (Lipinski definition) is 4. The fourth-order valence-corrected chi connectivity index (χ4v) is 2.68. The number of unbranched alkanes of at least 4 members (excludes halogenated alkanes) is 1. The zero-order chi connectivity index (χ0) is 15.6. The van der Waals surface area contributed by atoms with Crippen molar-refractivity contribution in [2.24, 2.45) is 0 Å². The molecule has 0 bridgehead atoms. The summed E-state index contributed by atoms with van der Waals surface area (Å²) in [6, 6.07) is 0.361. The molecule has 0 saturated carbocycles. The van der Waals surface area contributed by atoms with Gasteiger partial charge in [-0.25, -0.2) is 0 Å². The Labute approximate surface area is 125 Å². The first kappa shape index (κ1) is 19.4. The number of rotatable bonds is 11. The number of hydrogen-bond donors (Lipinski definition) is 1. The summed E-state index contributed by atoms with van der Waals surface area (Å²) in [5, 5.41) is 3.31. The third-order valence-corrected chi connectivity index (χ3v) is 3.82. The molecule has 4 nitrogen and oxygen atoms in total. The highest BCUT2D eigenvalue weighted by atomic mass is 16.5. The van der Waals surface area contributed by atoms with Crippen molar-refractivity contribution in [2.75, 3.05) is 26.2 Å². The van der Waals surface area contributed by atoms with Crippen molar-refractivity contribution in [3.05, 3.63) is 0 Å². The minimum Gasteiger partial charge on any atom is -0.465 e. The second-order valence-electron chi connectivity index (χ2n) is 5.62. The van der Waals surface area contributed by atoms with Crippen LogP contribution in [0.5, 0.6) is 0 Å². The lowest BCUT2D eigenvalue weighted by molar-refractivity contribution is -0.151. The van der Waals surface area contributed by atoms with Crippen LogP contribution in [0, 0.1) is 0 Å². The summed E-state index contributed by atoms with van der Waals surface area (Å²) in [5.41, 5.74) is -0.593. The molecule has 0 aromatic carbocycles. The maximum Gasteiger partial charge on any atom is 0.326 e. The standard InChI is InChI=1S/C16H34N2O2/c1-7-11-12-18(9-3)14(5)13-16(6,17-8-2)15(19)20-10-4/h14,17H,7-13H2,1-6H3. The van der Waals surface area contributed by atoms with Crippen LogP contribution in [0.25, 0.3) is 0 Å². The van der Waals surface area contributed by atoms with E-state index in [-0.39, 0.29) is 5.97 Å². The molecule has 0 radical (unpaired) electrons. The van der Waals surface area contributed by atoms with Crippen LogP contribution in [0.2, 0.25) is 0 Å². The summed E-state index contributed by atoms with van der Waals surface area (Å²) in [4.78, 5) is 14.7. The maximum absolute atomic E-state index is 12.2. The topological polar surface area (TPSA) is 41.6 Å². The van der Waals surface area contributed by atoms with Crippen LogP contribution in [0.1, 0.15) is 60.8 Å². The van der Waals surface area contributed by atoms with E-state index in [1.165, 1.54) is 12.8 Å². The molecule has 120 valence electrons. The summed E-state index contributed by atoms with van der Waals surface area (Å²) in [6.07, 6.45) is 3.18. The molecule has 0 rings (SSSR count). The van der Waals surface area contributed by atoms with Crippen molar-refractivity contribution in [2.45, 2.75) is 72.4 Å². The van der Waals surface area contributed by atoms with E-state index in [1.807, 2.05) is 20.8 Å². The molecule has 2 unspecified atom stereocenters. The molecule has 2 atom stereocenters. The van der Waals surface area contributed by atoms with Gasteiger partial charge in [-0.1, -0.05) is 27.2 Å². The van der Waals surface area contributed by atoms with E-state index in [0.29, 0.717) is 12.6 Å². The Bertz CT molecular complexity index is 271. The summed E-state index contributed by atoms with van der Waals surface area (Å²) in [6.45, 7) is 15.7. The first-order chi connectivity index (χ1) is 9.45. The number of carbonyl (C=O) groups excluding carboxylic acids is 1. The number of nitrogens with one attached hydrogen (secondary N) is 1. The molecule has 20 heavy (non-hydrogen) atoms. The fourth-order valence-electron chi connectivity index (χ4n) is 2.68. The molecule has 0 aliphatic heterocycles. The molecule has 0 heterocycles. The summed E-state index contributed by atoms with van der Waals surface area (Å²) >= 11 is 0. The van der Waals surface area contributed by atoms with Crippen LogP contribution in [0.15, 0.2) is 0 Å². The highest BCUT2D eigenvalue weighted by Crippen LogP contribution is 2.19. The largest absolute Gasteiger partial charge is 0.465 e. The maximum atomic E-state index is 12.2. The van der Waals surface area contributed by atoms with Crippen molar-refractivity contribution < 1.29 is 9.53 Å². The van der Waals surface area contributed by atoms with Crippen LogP contribution in [-0.4, -0.2) is 48.7 Å². The molecule has 0 aliphatic rings. The number of carbonyl (C=O) groups is 1. The summed E-state index contributed by atoms with van der Waals surface area (Å²) in [5.74, 6) is -0.139. The van der Waals surface area contributed by atoms with Gasteiger partial charge in [0.2, 0.25) is 0 Å². The van der Waals surface area contributed by atoms with Gasteiger partial charge in [0.15, 0.2) is 0 Å². The Kier molecular flexibility index (Phi) is 9.86. The molecule has 0 aliphatic carbocycles. The van der Waals surface area contributed by atoms with Gasteiger partial charge in [-0.05, 0) is 53.2 Å². The second kappa shape index (κ2) is 10.2. The van der Waals surface area contributed by atoms with Gasteiger partial charge in [0.05, 0.1) is 6.61 Å². The van der Waals surface area contributed by atoms with Gasteiger partial charge in [0, 0.05) is 6.04 Å². The number of ether oxygens (including phenoxy) is 1. The van der Waals surface area contributed by atoms with Gasteiger partial charge >= 0.3 is 5.97 Å². The van der Waals surface area contributed by atoms with Crippen LogP contribution in [-0.2, 0) is 9.53 Å². The third-order valence-electron chi connectivity index (χ3n) is 3.82. The molecular formula is C16H34N2O2. The Hall–Kier alpha value is -0.610. The average molecular weight is 286 g/mol. The molecule has 0 amide bonds. The SMILES string of the molecule is CCCCN(CC)C(C)CC(C)(NCC)C(=O)OCC. The van der Waals surface area contributed by atoms with Crippen molar-refractivity contribution in [3.63, 3.8) is 0 Å². The highest BCUT2D eigenvalue weighted by molar-refractivity contribution is 5.80. The first-order valence-corrected chi connectivity index (χ1v) is 8.11. The highest BCUT2D eigenvalue weighted by Gasteiger charge is 2.36. The zero-order valence-corrected chi connectivity index (χ0v) is 14.3. The predicted octanol–water partition coefficient (Wildman–Crippen LogP) is 2.82. The second-order valence-corrected chi connectivity index (χ2v) is 5.62. The van der Waals surface area contributed by atoms with E-state index in [4.69, 9.17) is 4.74 Å². The quantitative estimate of drug-likeness (QED) is 0.593. The minimum absolute atomic E-state index is 0.139. The molecule has 0 aromatic rings. The van der Waals surface area contributed by atoms with Crippen molar-refractivity contribution in [1.82, 2.24) is 10.2 Å². The van der Waals surface area contributed by atoms with E-state index < -0.39 is 5.54 Å². The molecule has 1 N–H and O–H groups in total. The lowest BCUT2D eigenvalue weighted by atomic mass is 9.92. The zero-order valence-electron chi connectivity index (χ0n) is 14.3. The fraction of sp³-hybridized carbons (Fsp3) is 0.938. The van der Waals surface area contributed by atoms with Crippen LogP contribution < -0.4 is 5.32 Å². The number of nitrogens with zero attached hydrogens (tertiary/aromatic N) is 1.